The van der Waals surface area contributed by atoms with Gasteiger partial charge in [-0.25, -0.2) is 9.97 Å². The summed E-state index contributed by atoms with van der Waals surface area (Å²) >= 11 is 1.37. The van der Waals surface area contributed by atoms with Gasteiger partial charge in [-0.2, -0.15) is 0 Å². The van der Waals surface area contributed by atoms with Gasteiger partial charge in [0.15, 0.2) is 5.13 Å². The second-order valence-corrected chi connectivity index (χ2v) is 5.70. The van der Waals surface area contributed by atoms with E-state index in [2.05, 4.69) is 25.3 Å². The third-order valence-electron chi connectivity index (χ3n) is 3.33. The van der Waals surface area contributed by atoms with E-state index in [0.29, 0.717) is 10.7 Å². The summed E-state index contributed by atoms with van der Waals surface area (Å²) in [7, 11) is 0. The van der Waals surface area contributed by atoms with E-state index in [9.17, 15) is 4.79 Å². The molecule has 0 radical (unpaired) electrons. The van der Waals surface area contributed by atoms with E-state index in [1.165, 1.54) is 11.3 Å². The van der Waals surface area contributed by atoms with Gasteiger partial charge >= 0.3 is 0 Å². The molecule has 0 fully saturated rings. The van der Waals surface area contributed by atoms with Crippen LogP contribution in [-0.4, -0.2) is 25.8 Å². The molecule has 3 heterocycles. The van der Waals surface area contributed by atoms with Crippen LogP contribution in [0.15, 0.2) is 54.3 Å². The van der Waals surface area contributed by atoms with Gasteiger partial charge in [0.05, 0.1) is 23.1 Å². The quantitative estimate of drug-likeness (QED) is 0.563. The largest absolute Gasteiger partial charge is 0.345 e. The first-order valence-corrected chi connectivity index (χ1v) is 8.79. The first-order chi connectivity index (χ1) is 12.3. The van der Waals surface area contributed by atoms with Crippen molar-refractivity contribution in [2.45, 2.75) is 13.8 Å². The van der Waals surface area contributed by atoms with Crippen LogP contribution in [0.25, 0.3) is 22.4 Å². The van der Waals surface area contributed by atoms with Crippen molar-refractivity contribution in [3.8, 4) is 11.4 Å². The Morgan fingerprint density at radius 3 is 2.84 bits per heavy atom. The van der Waals surface area contributed by atoms with Crippen LogP contribution in [0.2, 0.25) is 0 Å². The van der Waals surface area contributed by atoms with E-state index in [1.807, 2.05) is 43.5 Å². The Morgan fingerprint density at radius 2 is 2.04 bits per heavy atom. The molecule has 0 unspecified atom stereocenters. The maximum absolute atomic E-state index is 12.3. The Labute approximate surface area is 150 Å². The zero-order valence-corrected chi connectivity index (χ0v) is 14.7. The molecule has 0 atom stereocenters. The highest BCUT2D eigenvalue weighted by Gasteiger charge is 2.11. The number of aromatic amines is 1. The van der Waals surface area contributed by atoms with Gasteiger partial charge in [0.1, 0.15) is 5.69 Å². The number of carbonyl (C=O) groups is 1. The van der Waals surface area contributed by atoms with Crippen LogP contribution in [0.1, 0.15) is 25.6 Å². The van der Waals surface area contributed by atoms with Crippen molar-refractivity contribution in [3.63, 3.8) is 0 Å². The van der Waals surface area contributed by atoms with Gasteiger partial charge in [0, 0.05) is 18.6 Å². The smallest absolute Gasteiger partial charge is 0.257 e. The molecule has 2 N–H and O–H groups in total. The van der Waals surface area contributed by atoms with Gasteiger partial charge in [-0.1, -0.05) is 19.9 Å². The normalized spacial score (nSPS) is 10.2. The average Bonchev–Trinajstić information content (AvgIpc) is 3.32. The van der Waals surface area contributed by atoms with Crippen molar-refractivity contribution in [1.29, 1.82) is 0 Å². The Balaban J connectivity index is 0.000000784. The minimum absolute atomic E-state index is 0. The number of pyridine rings is 1. The molecule has 128 valence electrons. The van der Waals surface area contributed by atoms with E-state index in [-0.39, 0.29) is 7.33 Å². The lowest BCUT2D eigenvalue weighted by Crippen LogP contribution is -2.11. The average molecular weight is 353 g/mol. The number of nitrogens with one attached hydrogen (secondary N) is 2. The molecule has 4 aromatic rings. The molecule has 3 aromatic heterocycles. The van der Waals surface area contributed by atoms with E-state index < -0.39 is 0 Å². The summed E-state index contributed by atoms with van der Waals surface area (Å²) < 4.78 is 0. The van der Waals surface area contributed by atoms with Gasteiger partial charge in [0.25, 0.3) is 5.91 Å². The van der Waals surface area contributed by atoms with Crippen LogP contribution in [0.4, 0.5) is 5.13 Å². The number of H-pyrrole nitrogens is 1. The molecule has 6 nitrogen and oxygen atoms in total. The number of rotatable bonds is 3. The molecule has 25 heavy (non-hydrogen) atoms. The molecule has 1 aromatic carbocycles. The fourth-order valence-electron chi connectivity index (χ4n) is 2.21. The van der Waals surface area contributed by atoms with Gasteiger partial charge in [0.2, 0.25) is 0 Å². The fraction of sp³-hybridized carbons (Fsp3) is 0.111. The minimum atomic E-state index is -0.205. The van der Waals surface area contributed by atoms with Crippen LogP contribution in [-0.2, 0) is 0 Å². The van der Waals surface area contributed by atoms with Crippen LogP contribution in [0.3, 0.4) is 0 Å². The molecule has 1 amide bonds. The van der Waals surface area contributed by atoms with Gasteiger partial charge in [-0.15, -0.1) is 11.3 Å². The maximum atomic E-state index is 12.3. The number of carbonyl (C=O) groups excluding carboxylic acids is 1. The number of aromatic nitrogens is 4. The second kappa shape index (κ2) is 7.67. The highest BCUT2D eigenvalue weighted by Crippen LogP contribution is 2.23. The van der Waals surface area contributed by atoms with Gasteiger partial charge < -0.3 is 4.98 Å². The lowest BCUT2D eigenvalue weighted by atomic mass is 10.2. The number of anilines is 1. The number of nitrogens with zero attached hydrogens (tertiary/aromatic N) is 3. The summed E-state index contributed by atoms with van der Waals surface area (Å²) in [6.07, 6.45) is 3.32. The molecule has 0 aliphatic carbocycles. The molecule has 7 heteroatoms. The summed E-state index contributed by atoms with van der Waals surface area (Å²) in [5, 5.41) is 5.22. The molecular weight excluding hydrogens is 334 g/mol. The minimum Gasteiger partial charge on any atom is -0.345 e. The topological polar surface area (TPSA) is 83.6 Å². The Bertz CT molecular complexity index is 983. The molecule has 0 aliphatic heterocycles. The zero-order valence-electron chi connectivity index (χ0n) is 13.9. The number of imidazole rings is 1. The van der Waals surface area contributed by atoms with Crippen LogP contribution in [0.5, 0.6) is 0 Å². The number of thiazole rings is 1. The van der Waals surface area contributed by atoms with Gasteiger partial charge in [-0.05, 0) is 30.3 Å². The standard InChI is InChI=1S/C16H11N5OS.C2H6.H2/c22-15(10-4-5-12-13(7-10)19-9-18-12)21-16-20-14(8-23-16)11-3-1-2-6-17-11;1-2;/h1-9H,(H,18,19)(H,20,21,22);1-2H3;1H. The Kier molecular flexibility index (Phi) is 5.15. The van der Waals surface area contributed by atoms with E-state index in [0.717, 1.165) is 22.4 Å². The predicted octanol–water partition coefficient (Wildman–Crippen LogP) is 4.61. The van der Waals surface area contributed by atoms with Crippen molar-refractivity contribution >= 4 is 33.4 Å². The summed E-state index contributed by atoms with van der Waals surface area (Å²) in [5.74, 6) is -0.205. The molecule has 0 saturated heterocycles. The van der Waals surface area contributed by atoms with E-state index >= 15 is 0 Å². The maximum Gasteiger partial charge on any atom is 0.257 e. The number of hydrogen-bond donors (Lipinski definition) is 2. The molecule has 4 rings (SSSR count). The molecule has 0 aliphatic rings. The number of benzene rings is 1. The predicted molar refractivity (Wildman–Crippen MR) is 103 cm³/mol. The summed E-state index contributed by atoms with van der Waals surface area (Å²) in [6, 6.07) is 11.0. The summed E-state index contributed by atoms with van der Waals surface area (Å²) in [6.45, 7) is 4.00. The van der Waals surface area contributed by atoms with Crippen molar-refractivity contribution in [1.82, 2.24) is 19.9 Å². The van der Waals surface area contributed by atoms with Crippen LogP contribution < -0.4 is 5.32 Å². The molecule has 0 spiro atoms. The van der Waals surface area contributed by atoms with Crippen LogP contribution in [0, 0.1) is 0 Å². The Hall–Kier alpha value is -3.06. The molecular formula is C18H19N5OS. The van der Waals surface area contributed by atoms with Crippen molar-refractivity contribution in [3.05, 3.63) is 59.9 Å². The highest BCUT2D eigenvalue weighted by atomic mass is 32.1. The molecule has 0 bridgehead atoms. The third-order valence-corrected chi connectivity index (χ3v) is 4.09. The second-order valence-electron chi connectivity index (χ2n) is 4.84. The van der Waals surface area contributed by atoms with E-state index in [1.54, 1.807) is 24.7 Å². The first kappa shape index (κ1) is 16.8. The third kappa shape index (κ3) is 3.72. The first-order valence-electron chi connectivity index (χ1n) is 7.91. The molecule has 0 saturated carbocycles. The van der Waals surface area contributed by atoms with Crippen molar-refractivity contribution in [2.75, 3.05) is 5.32 Å². The van der Waals surface area contributed by atoms with Crippen molar-refractivity contribution < 1.29 is 6.22 Å². The monoisotopic (exact) mass is 353 g/mol. The highest BCUT2D eigenvalue weighted by molar-refractivity contribution is 7.14. The number of hydrogen-bond acceptors (Lipinski definition) is 5. The lowest BCUT2D eigenvalue weighted by molar-refractivity contribution is 0.102. The van der Waals surface area contributed by atoms with E-state index in [4.69, 9.17) is 0 Å². The Morgan fingerprint density at radius 1 is 1.16 bits per heavy atom. The van der Waals surface area contributed by atoms with Gasteiger partial charge in [-0.3, -0.25) is 15.1 Å². The van der Waals surface area contributed by atoms with Crippen LogP contribution >= 0.6 is 11.3 Å². The fourth-order valence-corrected chi connectivity index (χ4v) is 2.91. The number of fused-ring (bicyclic) bond motifs is 1. The zero-order chi connectivity index (χ0) is 17.6. The lowest BCUT2D eigenvalue weighted by Gasteiger charge is -2.01. The number of amides is 1. The summed E-state index contributed by atoms with van der Waals surface area (Å²) in [5.41, 5.74) is 3.73. The summed E-state index contributed by atoms with van der Waals surface area (Å²) in [4.78, 5) is 28.1. The van der Waals surface area contributed by atoms with Crippen molar-refractivity contribution in [2.24, 2.45) is 0 Å². The SMILES string of the molecule is CC.O=C(Nc1nc(-c2ccccn2)cs1)c1ccc2nc[nH]c2c1.[HH].